The van der Waals surface area contributed by atoms with Gasteiger partial charge in [0.15, 0.2) is 11.5 Å². The van der Waals surface area contributed by atoms with Crippen molar-refractivity contribution < 1.29 is 23.8 Å². The number of allylic oxidation sites excluding steroid dienone is 1. The van der Waals surface area contributed by atoms with E-state index in [1.165, 1.54) is 7.11 Å². The van der Waals surface area contributed by atoms with Crippen LogP contribution in [0, 0.1) is 0 Å². The summed E-state index contributed by atoms with van der Waals surface area (Å²) < 4.78 is 15.9. The van der Waals surface area contributed by atoms with Gasteiger partial charge in [-0.3, -0.25) is 4.79 Å². The number of carbonyl (C=O) groups is 2. The van der Waals surface area contributed by atoms with E-state index in [4.69, 9.17) is 14.2 Å². The van der Waals surface area contributed by atoms with E-state index in [9.17, 15) is 9.59 Å². The number of amides is 1. The Morgan fingerprint density at radius 3 is 2.54 bits per heavy atom. The summed E-state index contributed by atoms with van der Waals surface area (Å²) in [4.78, 5) is 27.4. The van der Waals surface area contributed by atoms with Crippen LogP contribution in [0.5, 0.6) is 11.5 Å². The standard InChI is InChI=1S/C22H27NO5/c1-5-28-18-11-10-15(13-19(18)26-3)12-17-20(22(25)27-4)14(2)23(21(17)24)16-8-6-7-9-16/h10-13,16H,5-9H2,1-4H3. The van der Waals surface area contributed by atoms with E-state index in [-0.39, 0.29) is 11.9 Å². The Morgan fingerprint density at radius 1 is 1.21 bits per heavy atom. The molecule has 0 saturated heterocycles. The highest BCUT2D eigenvalue weighted by Crippen LogP contribution is 2.38. The first kappa shape index (κ1) is 20.0. The van der Waals surface area contributed by atoms with Crippen LogP contribution in [0.1, 0.15) is 45.1 Å². The van der Waals surface area contributed by atoms with Crippen molar-refractivity contribution >= 4 is 18.0 Å². The molecule has 1 aromatic carbocycles. The highest BCUT2D eigenvalue weighted by Gasteiger charge is 2.41. The Hall–Kier alpha value is -2.76. The Bertz CT molecular complexity index is 833. The van der Waals surface area contributed by atoms with E-state index < -0.39 is 5.97 Å². The van der Waals surface area contributed by atoms with Crippen LogP contribution in [0.4, 0.5) is 0 Å². The van der Waals surface area contributed by atoms with Gasteiger partial charge in [0.05, 0.1) is 32.0 Å². The second-order valence-electron chi connectivity index (χ2n) is 6.97. The number of benzene rings is 1. The third kappa shape index (κ3) is 3.63. The van der Waals surface area contributed by atoms with Crippen molar-refractivity contribution in [2.24, 2.45) is 0 Å². The van der Waals surface area contributed by atoms with Gasteiger partial charge in [0.1, 0.15) is 0 Å². The number of nitrogens with zero attached hydrogens (tertiary/aromatic N) is 1. The first-order valence-electron chi connectivity index (χ1n) is 9.67. The van der Waals surface area contributed by atoms with E-state index in [0.717, 1.165) is 31.2 Å². The molecule has 28 heavy (non-hydrogen) atoms. The maximum atomic E-state index is 13.2. The molecule has 0 radical (unpaired) electrons. The van der Waals surface area contributed by atoms with E-state index >= 15 is 0 Å². The number of methoxy groups -OCH3 is 2. The fourth-order valence-corrected chi connectivity index (χ4v) is 4.02. The molecular formula is C22H27NO5. The van der Waals surface area contributed by atoms with Gasteiger partial charge in [-0.05, 0) is 50.5 Å². The highest BCUT2D eigenvalue weighted by atomic mass is 16.5. The Morgan fingerprint density at radius 2 is 1.93 bits per heavy atom. The Labute approximate surface area is 165 Å². The van der Waals surface area contributed by atoms with Crippen molar-refractivity contribution in [2.45, 2.75) is 45.6 Å². The minimum Gasteiger partial charge on any atom is -0.493 e. The molecule has 1 heterocycles. The first-order chi connectivity index (χ1) is 13.5. The fraction of sp³-hybridized carbons (Fsp3) is 0.455. The number of rotatable bonds is 6. The van der Waals surface area contributed by atoms with Gasteiger partial charge in [-0.25, -0.2) is 4.79 Å². The Balaban J connectivity index is 2.03. The van der Waals surface area contributed by atoms with Crippen LogP contribution in [0.25, 0.3) is 6.08 Å². The minimum atomic E-state index is -0.490. The third-order valence-corrected chi connectivity index (χ3v) is 5.32. The average molecular weight is 385 g/mol. The van der Waals surface area contributed by atoms with Crippen LogP contribution in [0.15, 0.2) is 35.0 Å². The summed E-state index contributed by atoms with van der Waals surface area (Å²) in [6.45, 7) is 4.25. The predicted octanol–water partition coefficient (Wildman–Crippen LogP) is 3.71. The lowest BCUT2D eigenvalue weighted by Crippen LogP contribution is -2.34. The monoisotopic (exact) mass is 385 g/mol. The summed E-state index contributed by atoms with van der Waals surface area (Å²) in [6, 6.07) is 5.59. The van der Waals surface area contributed by atoms with Crippen LogP contribution in [0.2, 0.25) is 0 Å². The molecule has 0 aromatic heterocycles. The zero-order valence-electron chi connectivity index (χ0n) is 16.9. The fourth-order valence-electron chi connectivity index (χ4n) is 4.02. The molecule has 1 fully saturated rings. The van der Waals surface area contributed by atoms with Crippen LogP contribution in [-0.4, -0.2) is 43.6 Å². The zero-order chi connectivity index (χ0) is 20.3. The van der Waals surface area contributed by atoms with Crippen molar-refractivity contribution in [3.63, 3.8) is 0 Å². The molecule has 0 N–H and O–H groups in total. The van der Waals surface area contributed by atoms with Gasteiger partial charge in [0.2, 0.25) is 0 Å². The summed E-state index contributed by atoms with van der Waals surface area (Å²) in [5.74, 6) is 0.583. The van der Waals surface area contributed by atoms with Gasteiger partial charge in [-0.2, -0.15) is 0 Å². The maximum absolute atomic E-state index is 13.2. The van der Waals surface area contributed by atoms with Crippen LogP contribution < -0.4 is 9.47 Å². The highest BCUT2D eigenvalue weighted by molar-refractivity contribution is 6.16. The zero-order valence-corrected chi connectivity index (χ0v) is 16.9. The molecule has 0 spiro atoms. The summed E-state index contributed by atoms with van der Waals surface area (Å²) >= 11 is 0. The molecule has 1 amide bonds. The van der Waals surface area contributed by atoms with Gasteiger partial charge in [-0.15, -0.1) is 0 Å². The van der Waals surface area contributed by atoms with Crippen molar-refractivity contribution in [1.82, 2.24) is 4.90 Å². The molecule has 0 atom stereocenters. The molecule has 0 bridgehead atoms. The smallest absolute Gasteiger partial charge is 0.340 e. The minimum absolute atomic E-state index is 0.141. The number of hydrogen-bond acceptors (Lipinski definition) is 5. The van der Waals surface area contributed by atoms with Gasteiger partial charge in [0.25, 0.3) is 5.91 Å². The summed E-state index contributed by atoms with van der Waals surface area (Å²) in [7, 11) is 2.91. The Kier molecular flexibility index (Phi) is 6.07. The molecule has 1 saturated carbocycles. The average Bonchev–Trinajstić information content (AvgIpc) is 3.29. The molecule has 2 aliphatic rings. The molecule has 0 unspecified atom stereocenters. The third-order valence-electron chi connectivity index (χ3n) is 5.32. The molecule has 1 aromatic rings. The number of hydrogen-bond donors (Lipinski definition) is 0. The molecule has 6 heteroatoms. The van der Waals surface area contributed by atoms with Gasteiger partial charge >= 0.3 is 5.97 Å². The van der Waals surface area contributed by atoms with E-state index in [1.54, 1.807) is 30.2 Å². The first-order valence-corrected chi connectivity index (χ1v) is 9.67. The topological polar surface area (TPSA) is 65.1 Å². The van der Waals surface area contributed by atoms with Crippen LogP contribution in [-0.2, 0) is 14.3 Å². The van der Waals surface area contributed by atoms with Crippen LogP contribution >= 0.6 is 0 Å². The van der Waals surface area contributed by atoms with Crippen molar-refractivity contribution in [3.05, 3.63) is 40.6 Å². The van der Waals surface area contributed by atoms with E-state index in [2.05, 4.69) is 0 Å². The lowest BCUT2D eigenvalue weighted by Gasteiger charge is -2.25. The van der Waals surface area contributed by atoms with Crippen molar-refractivity contribution in [1.29, 1.82) is 0 Å². The molecular weight excluding hydrogens is 358 g/mol. The van der Waals surface area contributed by atoms with Gasteiger partial charge in [-0.1, -0.05) is 18.9 Å². The number of carbonyl (C=O) groups excluding carboxylic acids is 2. The van der Waals surface area contributed by atoms with Crippen LogP contribution in [0.3, 0.4) is 0 Å². The molecule has 150 valence electrons. The van der Waals surface area contributed by atoms with Gasteiger partial charge < -0.3 is 19.1 Å². The van der Waals surface area contributed by atoms with Crippen molar-refractivity contribution in [3.8, 4) is 11.5 Å². The summed E-state index contributed by atoms with van der Waals surface area (Å²) in [6.07, 6.45) is 5.85. The number of esters is 1. The second kappa shape index (κ2) is 8.50. The molecule has 3 rings (SSSR count). The predicted molar refractivity (Wildman–Crippen MR) is 106 cm³/mol. The summed E-state index contributed by atoms with van der Waals surface area (Å²) in [5, 5.41) is 0. The lowest BCUT2D eigenvalue weighted by molar-refractivity contribution is -0.136. The lowest BCUT2D eigenvalue weighted by atomic mass is 10.0. The van der Waals surface area contributed by atoms with E-state index in [0.29, 0.717) is 34.9 Å². The quantitative estimate of drug-likeness (QED) is 0.552. The van der Waals surface area contributed by atoms with Gasteiger partial charge in [0, 0.05) is 11.7 Å². The maximum Gasteiger partial charge on any atom is 0.340 e. The normalized spacial score (nSPS) is 18.9. The molecule has 1 aliphatic carbocycles. The molecule has 1 aliphatic heterocycles. The largest absolute Gasteiger partial charge is 0.493 e. The second-order valence-corrected chi connectivity index (χ2v) is 6.97. The number of ether oxygens (including phenoxy) is 3. The van der Waals surface area contributed by atoms with E-state index in [1.807, 2.05) is 19.9 Å². The van der Waals surface area contributed by atoms with Crippen molar-refractivity contribution in [2.75, 3.05) is 20.8 Å². The molecule has 6 nitrogen and oxygen atoms in total. The summed E-state index contributed by atoms with van der Waals surface area (Å²) in [5.41, 5.74) is 2.13. The SMILES string of the molecule is CCOc1ccc(C=C2C(=O)N(C3CCCC3)C(C)=C2C(=O)OC)cc1OC.